The van der Waals surface area contributed by atoms with Gasteiger partial charge in [-0.3, -0.25) is 9.59 Å². The number of carbonyl (C=O) groups excluding carboxylic acids is 2. The van der Waals surface area contributed by atoms with E-state index >= 15 is 0 Å². The number of rotatable bonds is 9. The molecule has 1 aliphatic carbocycles. The van der Waals surface area contributed by atoms with Crippen molar-refractivity contribution in [1.29, 1.82) is 0 Å². The number of anilines is 1. The number of carbonyl (C=O) groups is 2. The fourth-order valence-corrected chi connectivity index (χ4v) is 3.70. The molecule has 1 saturated carbocycles. The molecule has 3 aromatic rings. The van der Waals surface area contributed by atoms with Gasteiger partial charge in [0.05, 0.1) is 5.56 Å². The maximum absolute atomic E-state index is 13.7. The summed E-state index contributed by atoms with van der Waals surface area (Å²) < 4.78 is 46.8. The summed E-state index contributed by atoms with van der Waals surface area (Å²) in [7, 11) is 0. The minimum absolute atomic E-state index is 0.0419. The molecule has 1 N–H and O–H groups in total. The minimum atomic E-state index is -3.33. The fourth-order valence-electron chi connectivity index (χ4n) is 3.70. The number of hydrogen-bond donors (Lipinski definition) is 1. The summed E-state index contributed by atoms with van der Waals surface area (Å²) >= 11 is 0. The Morgan fingerprint density at radius 3 is 2.49 bits per heavy atom. The molecule has 0 atom stereocenters. The molecular formula is C27H25F3N2O3. The molecule has 4 rings (SSSR count). The number of pyridine rings is 1. The van der Waals surface area contributed by atoms with Gasteiger partial charge >= 0.3 is 0 Å². The lowest BCUT2D eigenvalue weighted by atomic mass is 9.97. The summed E-state index contributed by atoms with van der Waals surface area (Å²) in [5.74, 6) is -2.99. The third-order valence-corrected chi connectivity index (χ3v) is 5.77. The van der Waals surface area contributed by atoms with E-state index in [4.69, 9.17) is 4.74 Å². The number of halogens is 3. The van der Waals surface area contributed by atoms with Gasteiger partial charge in [0.1, 0.15) is 28.9 Å². The highest BCUT2D eigenvalue weighted by Crippen LogP contribution is 2.32. The Hall–Kier alpha value is -3.68. The van der Waals surface area contributed by atoms with Crippen LogP contribution >= 0.6 is 0 Å². The maximum Gasteiger partial charge on any atom is 0.273 e. The topological polar surface area (TPSA) is 68.3 Å². The lowest BCUT2D eigenvalue weighted by Crippen LogP contribution is -2.14. The molecule has 1 aliphatic rings. The van der Waals surface area contributed by atoms with Crippen molar-refractivity contribution in [2.75, 3.05) is 5.32 Å². The van der Waals surface area contributed by atoms with Crippen LogP contribution in [0.5, 0.6) is 11.5 Å². The molecule has 0 unspecified atom stereocenters. The summed E-state index contributed by atoms with van der Waals surface area (Å²) in [4.78, 5) is 28.7. The maximum atomic E-state index is 13.7. The highest BCUT2D eigenvalue weighted by Gasteiger charge is 2.30. The van der Waals surface area contributed by atoms with Crippen molar-refractivity contribution < 1.29 is 27.5 Å². The van der Waals surface area contributed by atoms with Crippen LogP contribution in [0, 0.1) is 18.7 Å². The normalized spacial score (nSPS) is 13.4. The van der Waals surface area contributed by atoms with Crippen LogP contribution < -0.4 is 10.1 Å². The number of Topliss-reactive ketones (excluding diaryl/α,β-unsaturated/α-hetero) is 1. The van der Waals surface area contributed by atoms with Crippen LogP contribution in [-0.4, -0.2) is 16.7 Å². The van der Waals surface area contributed by atoms with Crippen LogP contribution in [-0.2, 0) is 28.4 Å². The van der Waals surface area contributed by atoms with Gasteiger partial charge in [-0.05, 0) is 66.8 Å². The summed E-state index contributed by atoms with van der Waals surface area (Å²) in [5, 5.41) is 2.78. The highest BCUT2D eigenvalue weighted by molar-refractivity contribution is 5.93. The largest absolute Gasteiger partial charge is 0.457 e. The predicted molar refractivity (Wildman–Crippen MR) is 125 cm³/mol. The molecule has 8 heteroatoms. The number of ketones is 1. The molecule has 1 fully saturated rings. The van der Waals surface area contributed by atoms with Gasteiger partial charge in [-0.2, -0.15) is 0 Å². The zero-order valence-electron chi connectivity index (χ0n) is 19.4. The molecule has 182 valence electrons. The van der Waals surface area contributed by atoms with Gasteiger partial charge in [0.25, 0.3) is 5.92 Å². The van der Waals surface area contributed by atoms with E-state index in [1.54, 1.807) is 36.5 Å². The molecule has 0 radical (unpaired) electrons. The average Bonchev–Trinajstić information content (AvgIpc) is 3.62. The molecule has 35 heavy (non-hydrogen) atoms. The van der Waals surface area contributed by atoms with Crippen LogP contribution in [0.4, 0.5) is 19.0 Å². The Bertz CT molecular complexity index is 1270. The Balaban J connectivity index is 1.39. The van der Waals surface area contributed by atoms with Crippen LogP contribution in [0.1, 0.15) is 42.0 Å². The van der Waals surface area contributed by atoms with Crippen molar-refractivity contribution in [1.82, 2.24) is 4.98 Å². The highest BCUT2D eigenvalue weighted by atomic mass is 19.3. The lowest BCUT2D eigenvalue weighted by Gasteiger charge is -2.13. The second kappa shape index (κ2) is 9.90. The van der Waals surface area contributed by atoms with Crippen molar-refractivity contribution in [2.24, 2.45) is 5.92 Å². The molecule has 1 heterocycles. The van der Waals surface area contributed by atoms with E-state index in [-0.39, 0.29) is 30.4 Å². The number of hydrogen-bond acceptors (Lipinski definition) is 4. The molecule has 5 nitrogen and oxygen atoms in total. The second-order valence-electron chi connectivity index (χ2n) is 8.93. The van der Waals surface area contributed by atoms with Gasteiger partial charge in [-0.15, -0.1) is 0 Å². The quantitative estimate of drug-likeness (QED) is 0.398. The first-order chi connectivity index (χ1) is 16.6. The van der Waals surface area contributed by atoms with Crippen LogP contribution in [0.2, 0.25) is 0 Å². The van der Waals surface area contributed by atoms with Gasteiger partial charge < -0.3 is 10.1 Å². The minimum Gasteiger partial charge on any atom is -0.457 e. The number of ether oxygens (including phenoxy) is 1. The Labute approximate surface area is 201 Å². The van der Waals surface area contributed by atoms with E-state index < -0.39 is 17.3 Å². The smallest absolute Gasteiger partial charge is 0.273 e. The van der Waals surface area contributed by atoms with Crippen molar-refractivity contribution in [2.45, 2.75) is 45.5 Å². The Morgan fingerprint density at radius 2 is 1.80 bits per heavy atom. The summed E-state index contributed by atoms with van der Waals surface area (Å²) in [6, 6.07) is 12.0. The van der Waals surface area contributed by atoms with Gasteiger partial charge in [0, 0.05) is 37.9 Å². The van der Waals surface area contributed by atoms with E-state index in [9.17, 15) is 22.8 Å². The van der Waals surface area contributed by atoms with Crippen LogP contribution in [0.3, 0.4) is 0 Å². The standard InChI is InChI=1S/C27H25F3N2O3/c1-16-11-21(35-22-9-10-31-25(15-22)32-26(34)18-4-5-18)7-6-19(16)14-20(33)12-17-3-8-24(28)23(13-17)27(2,29)30/h3,6-11,13,15,18H,4-5,12,14H2,1-2H3,(H,31,32,34). The average molecular weight is 483 g/mol. The fraction of sp³-hybridized carbons (Fsp3) is 0.296. The van der Waals surface area contributed by atoms with Crippen molar-refractivity contribution in [3.63, 3.8) is 0 Å². The van der Waals surface area contributed by atoms with Gasteiger partial charge in [-0.1, -0.05) is 12.1 Å². The number of nitrogens with zero attached hydrogens (tertiary/aromatic N) is 1. The zero-order chi connectivity index (χ0) is 25.2. The van der Waals surface area contributed by atoms with Gasteiger partial charge in [-0.25, -0.2) is 18.2 Å². The van der Waals surface area contributed by atoms with E-state index in [1.165, 1.54) is 6.07 Å². The van der Waals surface area contributed by atoms with Gasteiger partial charge in [0.2, 0.25) is 5.91 Å². The zero-order valence-corrected chi connectivity index (χ0v) is 19.4. The third kappa shape index (κ3) is 6.47. The molecule has 0 aliphatic heterocycles. The second-order valence-corrected chi connectivity index (χ2v) is 8.93. The molecule has 2 aromatic carbocycles. The SMILES string of the molecule is Cc1cc(Oc2ccnc(NC(=O)C3CC3)c2)ccc1CC(=O)Cc1ccc(F)c(C(C)(F)F)c1. The number of amides is 1. The summed E-state index contributed by atoms with van der Waals surface area (Å²) in [6.45, 7) is 2.47. The van der Waals surface area contributed by atoms with E-state index in [1.807, 2.05) is 6.92 Å². The van der Waals surface area contributed by atoms with Crippen molar-refractivity contribution in [3.8, 4) is 11.5 Å². The van der Waals surface area contributed by atoms with Crippen LogP contribution in [0.15, 0.2) is 54.7 Å². The van der Waals surface area contributed by atoms with E-state index in [0.717, 1.165) is 36.1 Å². The van der Waals surface area contributed by atoms with Crippen molar-refractivity contribution in [3.05, 3.63) is 82.8 Å². The number of benzene rings is 2. The van der Waals surface area contributed by atoms with Crippen molar-refractivity contribution >= 4 is 17.5 Å². The van der Waals surface area contributed by atoms with Crippen LogP contribution in [0.25, 0.3) is 0 Å². The molecule has 0 saturated heterocycles. The third-order valence-electron chi connectivity index (χ3n) is 5.77. The monoisotopic (exact) mass is 482 g/mol. The molecule has 0 spiro atoms. The first kappa shape index (κ1) is 24.4. The number of aryl methyl sites for hydroxylation is 1. The first-order valence-corrected chi connectivity index (χ1v) is 11.3. The lowest BCUT2D eigenvalue weighted by molar-refractivity contribution is -0.118. The molecule has 0 bridgehead atoms. The number of aromatic nitrogens is 1. The molecule has 1 aromatic heterocycles. The molecule has 1 amide bonds. The Kier molecular flexibility index (Phi) is 6.91. The molecular weight excluding hydrogens is 457 g/mol. The Morgan fingerprint density at radius 1 is 1.06 bits per heavy atom. The first-order valence-electron chi connectivity index (χ1n) is 11.3. The predicted octanol–water partition coefficient (Wildman–Crippen LogP) is 6.14. The van der Waals surface area contributed by atoms with E-state index in [2.05, 4.69) is 10.3 Å². The van der Waals surface area contributed by atoms with Gasteiger partial charge in [0.15, 0.2) is 0 Å². The van der Waals surface area contributed by atoms with E-state index in [0.29, 0.717) is 29.8 Å². The summed E-state index contributed by atoms with van der Waals surface area (Å²) in [5.41, 5.74) is 1.23. The number of alkyl halides is 2. The number of nitrogens with one attached hydrogen (secondary N) is 1. The summed E-state index contributed by atoms with van der Waals surface area (Å²) in [6.07, 6.45) is 3.37.